The Morgan fingerprint density at radius 1 is 0.639 bits per heavy atom. The lowest BCUT2D eigenvalue weighted by Crippen LogP contribution is -2.60. The van der Waals surface area contributed by atoms with Crippen molar-refractivity contribution in [3.8, 4) is 0 Å². The average molecular weight is 885 g/mol. The molecule has 12 nitrogen and oxygen atoms in total. The van der Waals surface area contributed by atoms with Gasteiger partial charge in [0.2, 0.25) is 0 Å². The molecule has 1 aliphatic rings. The van der Waals surface area contributed by atoms with E-state index in [9.17, 15) is 28.5 Å². The summed E-state index contributed by atoms with van der Waals surface area (Å²) in [5, 5.41) is 30.7. The van der Waals surface area contributed by atoms with E-state index in [0.29, 0.717) is 13.0 Å². The van der Waals surface area contributed by atoms with Gasteiger partial charge in [-0.3, -0.25) is 9.35 Å². The molecule has 1 rings (SSSR count). The average Bonchev–Trinajstić information content (AvgIpc) is 3.23. The molecule has 0 spiro atoms. The van der Waals surface area contributed by atoms with E-state index in [1.165, 1.54) is 77.0 Å². The number of ether oxygens (including phenoxy) is 4. The molecule has 354 valence electrons. The first-order valence-corrected chi connectivity index (χ1v) is 24.9. The van der Waals surface area contributed by atoms with Crippen molar-refractivity contribution in [1.29, 1.82) is 0 Å². The smallest absolute Gasteiger partial charge is 0.397 e. The Kier molecular flexibility index (Phi) is 36.7. The fourth-order valence-electron chi connectivity index (χ4n) is 6.88. The summed E-state index contributed by atoms with van der Waals surface area (Å²) in [5.74, 6) is -0.430. The van der Waals surface area contributed by atoms with Gasteiger partial charge in [-0.15, -0.1) is 0 Å². The molecule has 0 bridgehead atoms. The fourth-order valence-corrected chi connectivity index (χ4v) is 7.38. The zero-order valence-corrected chi connectivity index (χ0v) is 38.5. The molecule has 6 unspecified atom stereocenters. The lowest BCUT2D eigenvalue weighted by Gasteiger charge is -2.41. The number of carbonyl (C=O) groups excluding carboxylic acids is 1. The van der Waals surface area contributed by atoms with Crippen LogP contribution in [-0.2, 0) is 38.3 Å². The maximum absolute atomic E-state index is 12.9. The van der Waals surface area contributed by atoms with Crippen LogP contribution in [0.2, 0.25) is 0 Å². The number of carbonyl (C=O) groups is 1. The second kappa shape index (κ2) is 39.4. The minimum Gasteiger partial charge on any atom is -0.457 e. The van der Waals surface area contributed by atoms with Gasteiger partial charge in [0, 0.05) is 13.0 Å². The zero-order chi connectivity index (χ0) is 44.7. The van der Waals surface area contributed by atoms with Crippen molar-refractivity contribution in [2.45, 2.75) is 211 Å². The van der Waals surface area contributed by atoms with E-state index in [1.807, 2.05) is 0 Å². The molecule has 61 heavy (non-hydrogen) atoms. The molecule has 1 saturated heterocycles. The Bertz CT molecular complexity index is 1300. The number of allylic oxidation sites excluding steroid dienone is 10. The van der Waals surface area contributed by atoms with Gasteiger partial charge in [-0.25, -0.2) is 4.18 Å². The summed E-state index contributed by atoms with van der Waals surface area (Å²) in [5.41, 5.74) is 0. The van der Waals surface area contributed by atoms with Crippen LogP contribution in [0.4, 0.5) is 0 Å². The van der Waals surface area contributed by atoms with Gasteiger partial charge in [-0.2, -0.15) is 8.42 Å². The summed E-state index contributed by atoms with van der Waals surface area (Å²) in [6.45, 7) is 3.84. The van der Waals surface area contributed by atoms with E-state index in [1.54, 1.807) is 0 Å². The highest BCUT2D eigenvalue weighted by atomic mass is 32.3. The van der Waals surface area contributed by atoms with Crippen LogP contribution >= 0.6 is 0 Å². The highest BCUT2D eigenvalue weighted by Gasteiger charge is 2.48. The van der Waals surface area contributed by atoms with E-state index in [-0.39, 0.29) is 19.6 Å². The largest absolute Gasteiger partial charge is 0.457 e. The summed E-state index contributed by atoms with van der Waals surface area (Å²) in [6, 6.07) is 0. The summed E-state index contributed by atoms with van der Waals surface area (Å²) >= 11 is 0. The van der Waals surface area contributed by atoms with Gasteiger partial charge in [0.05, 0.1) is 19.8 Å². The zero-order valence-electron chi connectivity index (χ0n) is 37.7. The van der Waals surface area contributed by atoms with Crippen molar-refractivity contribution in [3.63, 3.8) is 0 Å². The molecule has 6 atom stereocenters. The maximum atomic E-state index is 12.9. The van der Waals surface area contributed by atoms with Crippen molar-refractivity contribution in [1.82, 2.24) is 0 Å². The predicted octanol–water partition coefficient (Wildman–Crippen LogP) is 10.1. The first-order valence-electron chi connectivity index (χ1n) is 23.5. The normalized spacial score (nSPS) is 20.7. The van der Waals surface area contributed by atoms with Crippen LogP contribution in [0.5, 0.6) is 0 Å². The molecule has 0 radical (unpaired) electrons. The highest BCUT2D eigenvalue weighted by Crippen LogP contribution is 2.26. The Hall–Kier alpha value is -2.20. The second-order valence-corrected chi connectivity index (χ2v) is 17.0. The predicted molar refractivity (Wildman–Crippen MR) is 243 cm³/mol. The van der Waals surface area contributed by atoms with Gasteiger partial charge in [0.1, 0.15) is 30.5 Å². The van der Waals surface area contributed by atoms with Crippen LogP contribution in [0.15, 0.2) is 60.8 Å². The first kappa shape index (κ1) is 56.8. The van der Waals surface area contributed by atoms with Gasteiger partial charge < -0.3 is 34.3 Å². The highest BCUT2D eigenvalue weighted by molar-refractivity contribution is 7.80. The molecule has 4 N–H and O–H groups in total. The lowest BCUT2D eigenvalue weighted by molar-refractivity contribution is -0.301. The number of esters is 1. The van der Waals surface area contributed by atoms with Gasteiger partial charge in [-0.05, 0) is 57.8 Å². The van der Waals surface area contributed by atoms with Gasteiger partial charge >= 0.3 is 16.4 Å². The topological polar surface area (TPSA) is 178 Å². The Morgan fingerprint density at radius 3 is 1.64 bits per heavy atom. The number of aliphatic hydroxyl groups excluding tert-OH is 3. The molecule has 1 heterocycles. The van der Waals surface area contributed by atoms with Crippen LogP contribution in [0.25, 0.3) is 0 Å². The van der Waals surface area contributed by atoms with Crippen LogP contribution in [0.3, 0.4) is 0 Å². The van der Waals surface area contributed by atoms with Crippen molar-refractivity contribution in [3.05, 3.63) is 60.8 Å². The Labute approximate surface area is 369 Å². The third-order valence-electron chi connectivity index (χ3n) is 10.4. The molecule has 0 saturated carbocycles. The van der Waals surface area contributed by atoms with E-state index < -0.39 is 59.8 Å². The van der Waals surface area contributed by atoms with Crippen molar-refractivity contribution in [2.75, 3.05) is 26.4 Å². The summed E-state index contributed by atoms with van der Waals surface area (Å²) < 4.78 is 59.1. The SMILES string of the molecule is CC/C=C\C/C=C\C/C=C\C/C=C\C/C=C\CCCCCC(=O)OC(COCCCCCCCCCCCCCCCCC)COC1OC(CO)C(O)C(OS(=O)(=O)O)C1O. The monoisotopic (exact) mass is 885 g/mol. The summed E-state index contributed by atoms with van der Waals surface area (Å²) in [7, 11) is -5.07. The quantitative estimate of drug-likeness (QED) is 0.0198. The van der Waals surface area contributed by atoms with Gasteiger partial charge in [-0.1, -0.05) is 171 Å². The van der Waals surface area contributed by atoms with E-state index in [2.05, 4.69) is 78.8 Å². The van der Waals surface area contributed by atoms with Gasteiger partial charge in [0.15, 0.2) is 6.29 Å². The molecule has 1 aliphatic heterocycles. The second-order valence-electron chi connectivity index (χ2n) is 16.0. The minimum absolute atomic E-state index is 0.0221. The van der Waals surface area contributed by atoms with E-state index >= 15 is 0 Å². The van der Waals surface area contributed by atoms with Crippen molar-refractivity contribution < 1.29 is 56.2 Å². The molecule has 0 amide bonds. The summed E-state index contributed by atoms with van der Waals surface area (Å²) in [6.07, 6.45) is 39.6. The molecule has 13 heteroatoms. The standard InChI is InChI=1S/C48H84O12S/c1-3-5-7-9-11-13-15-17-19-20-21-22-23-25-27-29-31-33-35-37-44(50)58-42(41-57-48-46(52)47(60-61(53,54)55)45(51)43(39-49)59-48)40-56-38-36-34-32-30-28-26-24-18-16-14-12-10-8-6-4-2/h5,7,11,13,17,19,21-22,25,27,42-43,45-49,51-52H,3-4,6,8-10,12,14-16,18,20,23-24,26,28-41H2,1-2H3,(H,53,54,55)/b7-5-,13-11-,19-17-,22-21-,27-25-. The third kappa shape index (κ3) is 33.0. The van der Waals surface area contributed by atoms with Gasteiger partial charge in [0.25, 0.3) is 0 Å². The molecule has 1 fully saturated rings. The summed E-state index contributed by atoms with van der Waals surface area (Å²) in [4.78, 5) is 12.9. The number of hydrogen-bond donors (Lipinski definition) is 4. The van der Waals surface area contributed by atoms with Crippen LogP contribution in [0.1, 0.15) is 174 Å². The number of unbranched alkanes of at least 4 members (excludes halogenated alkanes) is 17. The Balaban J connectivity index is 2.44. The van der Waals surface area contributed by atoms with E-state index in [4.69, 9.17) is 23.5 Å². The van der Waals surface area contributed by atoms with Crippen molar-refractivity contribution >= 4 is 16.4 Å². The first-order chi connectivity index (χ1) is 29.6. The molecule has 0 aliphatic carbocycles. The van der Waals surface area contributed by atoms with Crippen LogP contribution in [-0.4, -0.2) is 97.5 Å². The number of aliphatic hydroxyl groups is 3. The lowest BCUT2D eigenvalue weighted by atomic mass is 9.99. The van der Waals surface area contributed by atoms with Crippen LogP contribution < -0.4 is 0 Å². The van der Waals surface area contributed by atoms with E-state index in [0.717, 1.165) is 70.6 Å². The third-order valence-corrected chi connectivity index (χ3v) is 10.9. The van der Waals surface area contributed by atoms with Crippen molar-refractivity contribution in [2.24, 2.45) is 0 Å². The fraction of sp³-hybridized carbons (Fsp3) is 0.771. The molecular weight excluding hydrogens is 801 g/mol. The molecule has 0 aromatic heterocycles. The maximum Gasteiger partial charge on any atom is 0.397 e. The minimum atomic E-state index is -5.07. The molecule has 0 aromatic carbocycles. The number of rotatable bonds is 40. The molecular formula is C48H84O12S. The number of hydrogen-bond acceptors (Lipinski definition) is 11. The van der Waals surface area contributed by atoms with Crippen LogP contribution in [0, 0.1) is 0 Å². The Morgan fingerprint density at radius 2 is 1.13 bits per heavy atom. The molecule has 0 aromatic rings.